The molecule has 0 amide bonds. The van der Waals surface area contributed by atoms with E-state index in [1.165, 1.54) is 5.69 Å². The van der Waals surface area contributed by atoms with E-state index in [0.29, 0.717) is 6.04 Å². The van der Waals surface area contributed by atoms with Gasteiger partial charge in [-0.2, -0.15) is 0 Å². The van der Waals surface area contributed by atoms with Crippen molar-refractivity contribution in [2.45, 2.75) is 39.3 Å². The maximum atomic E-state index is 5.95. The molecule has 0 radical (unpaired) electrons. The number of piperazine rings is 1. The Bertz CT molecular complexity index is 430. The minimum atomic E-state index is 0.194. The Kier molecular flexibility index (Phi) is 5.53. The molecular formula is C17H28ClN3. The van der Waals surface area contributed by atoms with Crippen LogP contribution in [0.1, 0.15) is 27.7 Å². The van der Waals surface area contributed by atoms with Crippen molar-refractivity contribution in [3.05, 3.63) is 29.3 Å². The van der Waals surface area contributed by atoms with Crippen LogP contribution in [0.5, 0.6) is 0 Å². The molecule has 0 aromatic heterocycles. The van der Waals surface area contributed by atoms with Crippen molar-refractivity contribution in [3.63, 3.8) is 0 Å². The maximum absolute atomic E-state index is 5.95. The summed E-state index contributed by atoms with van der Waals surface area (Å²) in [5, 5.41) is 4.40. The lowest BCUT2D eigenvalue weighted by Gasteiger charge is -2.40. The molecule has 1 aliphatic heterocycles. The van der Waals surface area contributed by atoms with E-state index in [2.05, 4.69) is 54.9 Å². The van der Waals surface area contributed by atoms with Crippen LogP contribution < -0.4 is 10.2 Å². The molecule has 0 aliphatic carbocycles. The lowest BCUT2D eigenvalue weighted by atomic mass is 10.1. The van der Waals surface area contributed by atoms with Gasteiger partial charge in [-0.15, -0.1) is 0 Å². The number of halogens is 1. The van der Waals surface area contributed by atoms with Crippen molar-refractivity contribution >= 4 is 17.3 Å². The summed E-state index contributed by atoms with van der Waals surface area (Å²) >= 11 is 5.95. The number of nitrogens with zero attached hydrogens (tertiary/aromatic N) is 2. The summed E-state index contributed by atoms with van der Waals surface area (Å²) in [6.45, 7) is 14.4. The lowest BCUT2D eigenvalue weighted by molar-refractivity contribution is 0.184. The molecule has 1 aromatic rings. The Balaban J connectivity index is 1.81. The van der Waals surface area contributed by atoms with Gasteiger partial charge in [0.05, 0.1) is 0 Å². The van der Waals surface area contributed by atoms with Gasteiger partial charge in [-0.1, -0.05) is 11.6 Å². The Labute approximate surface area is 134 Å². The summed E-state index contributed by atoms with van der Waals surface area (Å²) in [7, 11) is 0. The highest BCUT2D eigenvalue weighted by Crippen LogP contribution is 2.20. The SMILES string of the molecule is CC(CNC(C)(C)C)N1CCN(c2ccc(Cl)cc2)CC1. The van der Waals surface area contributed by atoms with Gasteiger partial charge in [0, 0.05) is 55.0 Å². The van der Waals surface area contributed by atoms with Gasteiger partial charge in [0.15, 0.2) is 0 Å². The molecular weight excluding hydrogens is 282 g/mol. The quantitative estimate of drug-likeness (QED) is 0.921. The first-order valence-corrected chi connectivity index (χ1v) is 8.22. The lowest BCUT2D eigenvalue weighted by Crippen LogP contribution is -2.53. The first-order chi connectivity index (χ1) is 9.85. The van der Waals surface area contributed by atoms with E-state index in [9.17, 15) is 0 Å². The van der Waals surface area contributed by atoms with Crippen LogP contribution in [-0.2, 0) is 0 Å². The molecule has 0 bridgehead atoms. The molecule has 1 aliphatic rings. The van der Waals surface area contributed by atoms with E-state index in [1.54, 1.807) is 0 Å². The second-order valence-electron chi connectivity index (χ2n) is 6.98. The molecule has 2 rings (SSSR count). The van der Waals surface area contributed by atoms with Crippen LogP contribution in [0.15, 0.2) is 24.3 Å². The van der Waals surface area contributed by atoms with E-state index in [1.807, 2.05) is 12.1 Å². The van der Waals surface area contributed by atoms with Crippen molar-refractivity contribution in [2.24, 2.45) is 0 Å². The van der Waals surface area contributed by atoms with Crippen molar-refractivity contribution in [3.8, 4) is 0 Å². The standard InChI is InChI=1S/C17H28ClN3/c1-14(13-19-17(2,3)4)20-9-11-21(12-10-20)16-7-5-15(18)6-8-16/h5-8,14,19H,9-13H2,1-4H3. The zero-order valence-corrected chi connectivity index (χ0v) is 14.5. The predicted octanol–water partition coefficient (Wildman–Crippen LogP) is 3.24. The molecule has 1 N–H and O–H groups in total. The normalized spacial score (nSPS) is 18.8. The summed E-state index contributed by atoms with van der Waals surface area (Å²) in [4.78, 5) is 5.02. The molecule has 118 valence electrons. The van der Waals surface area contributed by atoms with Crippen LogP contribution in [0.4, 0.5) is 5.69 Å². The summed E-state index contributed by atoms with van der Waals surface area (Å²) in [6.07, 6.45) is 0. The topological polar surface area (TPSA) is 18.5 Å². The third-order valence-electron chi connectivity index (χ3n) is 4.06. The Hall–Kier alpha value is -0.770. The van der Waals surface area contributed by atoms with Crippen molar-refractivity contribution < 1.29 is 0 Å². The molecule has 1 heterocycles. The third kappa shape index (κ3) is 5.17. The largest absolute Gasteiger partial charge is 0.369 e. The fourth-order valence-corrected chi connectivity index (χ4v) is 2.78. The average Bonchev–Trinajstić information content (AvgIpc) is 2.45. The maximum Gasteiger partial charge on any atom is 0.0407 e. The van der Waals surface area contributed by atoms with Gasteiger partial charge in [-0.05, 0) is 52.0 Å². The van der Waals surface area contributed by atoms with E-state index in [0.717, 1.165) is 37.7 Å². The third-order valence-corrected chi connectivity index (χ3v) is 4.31. The van der Waals surface area contributed by atoms with Crippen LogP contribution in [-0.4, -0.2) is 49.2 Å². The minimum Gasteiger partial charge on any atom is -0.369 e. The monoisotopic (exact) mass is 309 g/mol. The van der Waals surface area contributed by atoms with Crippen LogP contribution in [0.25, 0.3) is 0 Å². The number of hydrogen-bond acceptors (Lipinski definition) is 3. The summed E-state index contributed by atoms with van der Waals surface area (Å²) < 4.78 is 0. The van der Waals surface area contributed by atoms with Gasteiger partial charge < -0.3 is 10.2 Å². The second-order valence-corrected chi connectivity index (χ2v) is 7.42. The van der Waals surface area contributed by atoms with Gasteiger partial charge in [0.25, 0.3) is 0 Å². The van der Waals surface area contributed by atoms with Gasteiger partial charge in [0.1, 0.15) is 0 Å². The minimum absolute atomic E-state index is 0.194. The molecule has 4 heteroatoms. The molecule has 3 nitrogen and oxygen atoms in total. The zero-order chi connectivity index (χ0) is 15.5. The number of hydrogen-bond donors (Lipinski definition) is 1. The fraction of sp³-hybridized carbons (Fsp3) is 0.647. The molecule has 1 atom stereocenters. The van der Waals surface area contributed by atoms with Gasteiger partial charge in [-0.25, -0.2) is 0 Å². The average molecular weight is 310 g/mol. The second kappa shape index (κ2) is 6.99. The zero-order valence-electron chi connectivity index (χ0n) is 13.7. The molecule has 1 fully saturated rings. The summed E-state index contributed by atoms with van der Waals surface area (Å²) in [6, 6.07) is 8.75. The Morgan fingerprint density at radius 1 is 1.10 bits per heavy atom. The van der Waals surface area contributed by atoms with Crippen LogP contribution in [0.2, 0.25) is 5.02 Å². The smallest absolute Gasteiger partial charge is 0.0407 e. The fourth-order valence-electron chi connectivity index (χ4n) is 2.66. The number of rotatable bonds is 4. The summed E-state index contributed by atoms with van der Waals surface area (Å²) in [5.74, 6) is 0. The van der Waals surface area contributed by atoms with Crippen molar-refractivity contribution in [2.75, 3.05) is 37.6 Å². The predicted molar refractivity (Wildman–Crippen MR) is 92.5 cm³/mol. The van der Waals surface area contributed by atoms with E-state index >= 15 is 0 Å². The molecule has 1 unspecified atom stereocenters. The highest BCUT2D eigenvalue weighted by Gasteiger charge is 2.22. The molecule has 21 heavy (non-hydrogen) atoms. The molecule has 1 aromatic carbocycles. The highest BCUT2D eigenvalue weighted by molar-refractivity contribution is 6.30. The van der Waals surface area contributed by atoms with Crippen molar-refractivity contribution in [1.82, 2.24) is 10.2 Å². The van der Waals surface area contributed by atoms with Gasteiger partial charge in [0.2, 0.25) is 0 Å². The van der Waals surface area contributed by atoms with E-state index in [4.69, 9.17) is 11.6 Å². The van der Waals surface area contributed by atoms with E-state index in [-0.39, 0.29) is 5.54 Å². The number of nitrogens with one attached hydrogen (secondary N) is 1. The summed E-state index contributed by atoms with van der Waals surface area (Å²) in [5.41, 5.74) is 1.47. The van der Waals surface area contributed by atoms with Gasteiger partial charge in [-0.3, -0.25) is 4.90 Å². The molecule has 0 spiro atoms. The van der Waals surface area contributed by atoms with Crippen molar-refractivity contribution in [1.29, 1.82) is 0 Å². The first-order valence-electron chi connectivity index (χ1n) is 7.85. The van der Waals surface area contributed by atoms with Crippen LogP contribution >= 0.6 is 11.6 Å². The van der Waals surface area contributed by atoms with E-state index < -0.39 is 0 Å². The number of anilines is 1. The highest BCUT2D eigenvalue weighted by atomic mass is 35.5. The first kappa shape index (κ1) is 16.6. The Morgan fingerprint density at radius 2 is 1.67 bits per heavy atom. The molecule has 1 saturated heterocycles. The Morgan fingerprint density at radius 3 is 2.19 bits per heavy atom. The van der Waals surface area contributed by atoms with Crippen LogP contribution in [0.3, 0.4) is 0 Å². The van der Waals surface area contributed by atoms with Crippen LogP contribution in [0, 0.1) is 0 Å². The number of benzene rings is 1. The molecule has 0 saturated carbocycles. The van der Waals surface area contributed by atoms with Gasteiger partial charge >= 0.3 is 0 Å².